The van der Waals surface area contributed by atoms with Gasteiger partial charge in [-0.3, -0.25) is 5.10 Å². The lowest BCUT2D eigenvalue weighted by atomic mass is 10.2. The second kappa shape index (κ2) is 3.56. The molecule has 0 fully saturated rings. The maximum Gasteiger partial charge on any atom is 0.126 e. The fourth-order valence-electron chi connectivity index (χ4n) is 1.32. The van der Waals surface area contributed by atoms with Gasteiger partial charge in [0.2, 0.25) is 0 Å². The van der Waals surface area contributed by atoms with E-state index >= 15 is 0 Å². The van der Waals surface area contributed by atoms with E-state index in [9.17, 15) is 0 Å². The molecule has 1 N–H and O–H groups in total. The number of aromatic amines is 1. The number of hydrogen-bond donors (Lipinski definition) is 1. The quantitative estimate of drug-likeness (QED) is 0.741. The molecule has 0 saturated carbocycles. The van der Waals surface area contributed by atoms with E-state index in [0.717, 1.165) is 21.1 Å². The first-order valence-corrected chi connectivity index (χ1v) is 5.95. The highest BCUT2D eigenvalue weighted by Gasteiger charge is 2.12. The number of aromatic nitrogens is 4. The summed E-state index contributed by atoms with van der Waals surface area (Å²) < 4.78 is 4.19. The fourth-order valence-corrected chi connectivity index (χ4v) is 2.77. The van der Waals surface area contributed by atoms with E-state index in [1.807, 2.05) is 17.6 Å². The Morgan fingerprint density at radius 2 is 2.27 bits per heavy atom. The van der Waals surface area contributed by atoms with Gasteiger partial charge in [-0.25, -0.2) is 4.98 Å². The summed E-state index contributed by atoms with van der Waals surface area (Å²) in [6, 6.07) is 1.94. The van der Waals surface area contributed by atoms with Gasteiger partial charge in [0.15, 0.2) is 0 Å². The van der Waals surface area contributed by atoms with Crippen molar-refractivity contribution >= 4 is 22.9 Å². The Labute approximate surface area is 93.8 Å². The normalized spacial score (nSPS) is 10.7. The molecule has 3 aromatic heterocycles. The topological polar surface area (TPSA) is 54.5 Å². The van der Waals surface area contributed by atoms with Crippen LogP contribution in [0.4, 0.5) is 0 Å². The minimum atomic E-state index is 0.989. The van der Waals surface area contributed by atoms with E-state index in [-0.39, 0.29) is 0 Å². The van der Waals surface area contributed by atoms with Crippen LogP contribution in [0.3, 0.4) is 0 Å². The molecule has 0 aromatic carbocycles. The Morgan fingerprint density at radius 3 is 3.00 bits per heavy atom. The summed E-state index contributed by atoms with van der Waals surface area (Å²) in [4.78, 5) is 5.37. The largest absolute Gasteiger partial charge is 0.277 e. The third-order valence-electron chi connectivity index (χ3n) is 1.98. The van der Waals surface area contributed by atoms with Gasteiger partial charge in [0, 0.05) is 17.8 Å². The highest BCUT2D eigenvalue weighted by molar-refractivity contribution is 7.14. The maximum absolute atomic E-state index is 4.28. The van der Waals surface area contributed by atoms with E-state index in [1.54, 1.807) is 23.7 Å². The first-order chi connectivity index (χ1) is 7.45. The summed E-state index contributed by atoms with van der Waals surface area (Å²) in [5, 5.41) is 9.83. The zero-order valence-corrected chi connectivity index (χ0v) is 9.18. The maximum atomic E-state index is 4.28. The number of rotatable bonds is 2. The number of thiazole rings is 1. The molecule has 0 bridgehead atoms. The van der Waals surface area contributed by atoms with Gasteiger partial charge in [-0.05, 0) is 17.6 Å². The van der Waals surface area contributed by atoms with Crippen molar-refractivity contribution in [1.29, 1.82) is 0 Å². The minimum absolute atomic E-state index is 0.989. The van der Waals surface area contributed by atoms with Crippen LogP contribution in [0.2, 0.25) is 0 Å². The predicted octanol–water partition coefficient (Wildman–Crippen LogP) is 2.66. The van der Waals surface area contributed by atoms with Gasteiger partial charge in [0.1, 0.15) is 5.01 Å². The molecule has 3 rings (SSSR count). The Kier molecular flexibility index (Phi) is 2.08. The van der Waals surface area contributed by atoms with Crippen LogP contribution < -0.4 is 0 Å². The van der Waals surface area contributed by atoms with Crippen LogP contribution in [0.5, 0.6) is 0 Å². The van der Waals surface area contributed by atoms with Gasteiger partial charge in [-0.15, -0.1) is 11.3 Å². The van der Waals surface area contributed by atoms with Crippen LogP contribution in [0.1, 0.15) is 0 Å². The van der Waals surface area contributed by atoms with Gasteiger partial charge >= 0.3 is 0 Å². The summed E-state index contributed by atoms with van der Waals surface area (Å²) in [6.07, 6.45) is 5.38. The van der Waals surface area contributed by atoms with Gasteiger partial charge in [-0.2, -0.15) is 9.47 Å². The van der Waals surface area contributed by atoms with Crippen molar-refractivity contribution in [2.75, 3.05) is 0 Å². The summed E-state index contributed by atoms with van der Waals surface area (Å²) in [7, 11) is 0. The van der Waals surface area contributed by atoms with Gasteiger partial charge in [0.25, 0.3) is 0 Å². The van der Waals surface area contributed by atoms with Crippen molar-refractivity contribution < 1.29 is 0 Å². The van der Waals surface area contributed by atoms with Crippen LogP contribution in [0.15, 0.2) is 30.0 Å². The van der Waals surface area contributed by atoms with Crippen LogP contribution in [0, 0.1) is 0 Å². The Morgan fingerprint density at radius 1 is 1.27 bits per heavy atom. The first-order valence-electron chi connectivity index (χ1n) is 4.29. The molecule has 0 atom stereocenters. The lowest BCUT2D eigenvalue weighted by Crippen LogP contribution is -1.77. The van der Waals surface area contributed by atoms with E-state index in [2.05, 4.69) is 19.6 Å². The Hall–Kier alpha value is -1.53. The smallest absolute Gasteiger partial charge is 0.126 e. The summed E-state index contributed by atoms with van der Waals surface area (Å²) >= 11 is 3.06. The van der Waals surface area contributed by atoms with Crippen molar-refractivity contribution in [3.63, 3.8) is 0 Å². The fraction of sp³-hybridized carbons (Fsp3) is 0. The van der Waals surface area contributed by atoms with E-state index in [1.165, 1.54) is 11.5 Å². The summed E-state index contributed by atoms with van der Waals surface area (Å²) in [6.45, 7) is 0. The highest BCUT2D eigenvalue weighted by Crippen LogP contribution is 2.34. The highest BCUT2D eigenvalue weighted by atomic mass is 32.1. The average Bonchev–Trinajstić information content (AvgIpc) is 3.01. The molecule has 0 radical (unpaired) electrons. The van der Waals surface area contributed by atoms with Crippen molar-refractivity contribution in [3.8, 4) is 21.1 Å². The SMILES string of the molecule is c1cc(-c2sncc2-c2nccs2)[nH]n1. The average molecular weight is 234 g/mol. The molecule has 0 aliphatic heterocycles. The Bertz CT molecular complexity index is 490. The summed E-state index contributed by atoms with van der Waals surface area (Å²) in [5.74, 6) is 0. The number of nitrogens with one attached hydrogen (secondary N) is 1. The predicted molar refractivity (Wildman–Crippen MR) is 60.8 cm³/mol. The van der Waals surface area contributed by atoms with Gasteiger partial charge < -0.3 is 0 Å². The van der Waals surface area contributed by atoms with Gasteiger partial charge in [0.05, 0.1) is 22.3 Å². The molecule has 74 valence electrons. The Balaban J connectivity index is 2.15. The molecule has 3 heterocycles. The van der Waals surface area contributed by atoms with Crippen molar-refractivity contribution in [2.45, 2.75) is 0 Å². The molecule has 15 heavy (non-hydrogen) atoms. The van der Waals surface area contributed by atoms with Crippen molar-refractivity contribution in [2.24, 2.45) is 0 Å². The first kappa shape index (κ1) is 8.75. The van der Waals surface area contributed by atoms with Gasteiger partial charge in [-0.1, -0.05) is 0 Å². The lowest BCUT2D eigenvalue weighted by Gasteiger charge is -1.94. The standard InChI is InChI=1S/C9H6N4S2/c1-2-11-13-7(1)8-6(5-12-15-8)9-10-3-4-14-9/h1-5H,(H,11,13). The molecule has 3 aromatic rings. The molecule has 0 unspecified atom stereocenters. The minimum Gasteiger partial charge on any atom is -0.277 e. The zero-order chi connectivity index (χ0) is 10.1. The van der Waals surface area contributed by atoms with Crippen LogP contribution in [-0.4, -0.2) is 19.6 Å². The zero-order valence-electron chi connectivity index (χ0n) is 7.54. The molecule has 0 amide bonds. The molecule has 0 spiro atoms. The third-order valence-corrected chi connectivity index (χ3v) is 3.62. The molecule has 0 aliphatic rings. The number of nitrogens with zero attached hydrogens (tertiary/aromatic N) is 3. The molecule has 6 heteroatoms. The van der Waals surface area contributed by atoms with Crippen molar-refractivity contribution in [3.05, 3.63) is 30.0 Å². The monoisotopic (exact) mass is 234 g/mol. The second-order valence-corrected chi connectivity index (χ2v) is 4.57. The molecule has 0 saturated heterocycles. The molecule has 0 aliphatic carbocycles. The molecule has 4 nitrogen and oxygen atoms in total. The number of H-pyrrole nitrogens is 1. The summed E-state index contributed by atoms with van der Waals surface area (Å²) in [5.41, 5.74) is 2.06. The van der Waals surface area contributed by atoms with Crippen molar-refractivity contribution in [1.82, 2.24) is 19.6 Å². The molecular weight excluding hydrogens is 228 g/mol. The van der Waals surface area contributed by atoms with Crippen LogP contribution >= 0.6 is 22.9 Å². The van der Waals surface area contributed by atoms with Crippen LogP contribution in [0.25, 0.3) is 21.1 Å². The van der Waals surface area contributed by atoms with Crippen LogP contribution in [-0.2, 0) is 0 Å². The lowest BCUT2D eigenvalue weighted by molar-refractivity contribution is 1.10. The van der Waals surface area contributed by atoms with E-state index < -0.39 is 0 Å². The third kappa shape index (κ3) is 1.47. The molecular formula is C9H6N4S2. The second-order valence-electron chi connectivity index (χ2n) is 2.88. The van der Waals surface area contributed by atoms with E-state index in [4.69, 9.17) is 0 Å². The number of hydrogen-bond acceptors (Lipinski definition) is 5. The van der Waals surface area contributed by atoms with E-state index in [0.29, 0.717) is 0 Å².